The number of nitrogens with zero attached hydrogens (tertiary/aromatic N) is 1. The molecule has 0 aromatic carbocycles. The first-order valence-electron chi connectivity index (χ1n) is 6.46. The van der Waals surface area contributed by atoms with Gasteiger partial charge in [0.15, 0.2) is 0 Å². The van der Waals surface area contributed by atoms with Crippen LogP contribution in [0.3, 0.4) is 0 Å². The molecule has 1 aliphatic rings. The van der Waals surface area contributed by atoms with Crippen LogP contribution >= 0.6 is 0 Å². The van der Waals surface area contributed by atoms with Crippen LogP contribution in [0.1, 0.15) is 25.7 Å². The normalized spacial score (nSPS) is 25.8. The second-order valence-corrected chi connectivity index (χ2v) is 4.81. The van der Waals surface area contributed by atoms with E-state index in [9.17, 15) is 8.78 Å². The molecule has 1 fully saturated rings. The highest BCUT2D eigenvalue weighted by Gasteiger charge is 2.26. The smallest absolute Gasteiger partial charge is 0.251 e. The molecule has 0 spiro atoms. The predicted molar refractivity (Wildman–Crippen MR) is 64.3 cm³/mol. The minimum atomic E-state index is -2.32. The SMILES string of the molecule is CNC1CCCCC1CN(CCO)CC(F)F. The third-order valence-corrected chi connectivity index (χ3v) is 3.59. The van der Waals surface area contributed by atoms with Crippen LogP contribution < -0.4 is 5.32 Å². The highest BCUT2D eigenvalue weighted by atomic mass is 19.3. The molecule has 0 bridgehead atoms. The quantitative estimate of drug-likeness (QED) is 0.715. The minimum Gasteiger partial charge on any atom is -0.395 e. The zero-order valence-corrected chi connectivity index (χ0v) is 10.5. The van der Waals surface area contributed by atoms with Crippen LogP contribution in [-0.2, 0) is 0 Å². The number of hydrogen-bond donors (Lipinski definition) is 2. The third kappa shape index (κ3) is 5.27. The summed E-state index contributed by atoms with van der Waals surface area (Å²) in [4.78, 5) is 1.69. The fourth-order valence-electron chi connectivity index (χ4n) is 2.73. The average Bonchev–Trinajstić information content (AvgIpc) is 2.29. The predicted octanol–water partition coefficient (Wildman–Crippen LogP) is 1.32. The zero-order valence-electron chi connectivity index (χ0n) is 10.5. The van der Waals surface area contributed by atoms with E-state index >= 15 is 0 Å². The van der Waals surface area contributed by atoms with Crippen molar-refractivity contribution in [2.75, 3.05) is 33.3 Å². The van der Waals surface area contributed by atoms with Crippen molar-refractivity contribution in [3.8, 4) is 0 Å². The largest absolute Gasteiger partial charge is 0.395 e. The number of aliphatic hydroxyl groups excluding tert-OH is 1. The van der Waals surface area contributed by atoms with Gasteiger partial charge in [0.2, 0.25) is 0 Å². The van der Waals surface area contributed by atoms with E-state index < -0.39 is 6.43 Å². The number of rotatable bonds is 7. The molecule has 0 amide bonds. The van der Waals surface area contributed by atoms with E-state index in [1.807, 2.05) is 7.05 Å². The summed E-state index contributed by atoms with van der Waals surface area (Å²) >= 11 is 0. The molecule has 17 heavy (non-hydrogen) atoms. The Morgan fingerprint density at radius 1 is 1.35 bits per heavy atom. The van der Waals surface area contributed by atoms with Crippen LogP contribution in [-0.4, -0.2) is 55.8 Å². The van der Waals surface area contributed by atoms with E-state index in [1.165, 1.54) is 12.8 Å². The van der Waals surface area contributed by atoms with Crippen molar-refractivity contribution in [1.82, 2.24) is 10.2 Å². The molecule has 0 aromatic heterocycles. The van der Waals surface area contributed by atoms with Crippen LogP contribution in [0.15, 0.2) is 0 Å². The van der Waals surface area contributed by atoms with Gasteiger partial charge in [-0.3, -0.25) is 4.90 Å². The molecule has 102 valence electrons. The Kier molecular flexibility index (Phi) is 6.92. The summed E-state index contributed by atoms with van der Waals surface area (Å²) in [6.07, 6.45) is 2.30. The van der Waals surface area contributed by atoms with Crippen molar-refractivity contribution in [1.29, 1.82) is 0 Å². The van der Waals surface area contributed by atoms with Gasteiger partial charge in [-0.2, -0.15) is 0 Å². The molecule has 2 N–H and O–H groups in total. The fourth-order valence-corrected chi connectivity index (χ4v) is 2.73. The maximum Gasteiger partial charge on any atom is 0.251 e. The zero-order chi connectivity index (χ0) is 12.7. The molecule has 0 saturated heterocycles. The molecule has 0 aliphatic heterocycles. The van der Waals surface area contributed by atoms with Crippen LogP contribution in [0.25, 0.3) is 0 Å². The Morgan fingerprint density at radius 3 is 2.65 bits per heavy atom. The Balaban J connectivity index is 2.45. The summed E-state index contributed by atoms with van der Waals surface area (Å²) in [5.74, 6) is 0.430. The molecule has 1 rings (SSSR count). The number of alkyl halides is 2. The van der Waals surface area contributed by atoms with Crippen molar-refractivity contribution in [2.24, 2.45) is 5.92 Å². The molecule has 1 saturated carbocycles. The van der Waals surface area contributed by atoms with Crippen molar-refractivity contribution in [3.63, 3.8) is 0 Å². The minimum absolute atomic E-state index is 0.0519. The maximum absolute atomic E-state index is 12.4. The van der Waals surface area contributed by atoms with Gasteiger partial charge in [0.1, 0.15) is 0 Å². The van der Waals surface area contributed by atoms with E-state index in [0.29, 0.717) is 25.0 Å². The standard InChI is InChI=1S/C12H24F2N2O/c1-15-11-5-3-2-4-10(11)8-16(6-7-17)9-12(13)14/h10-12,15,17H,2-9H2,1H3. The Morgan fingerprint density at radius 2 is 2.06 bits per heavy atom. The topological polar surface area (TPSA) is 35.5 Å². The molecule has 0 radical (unpaired) electrons. The van der Waals surface area contributed by atoms with Gasteiger partial charge in [-0.1, -0.05) is 12.8 Å². The summed E-state index contributed by atoms with van der Waals surface area (Å²) < 4.78 is 24.8. The van der Waals surface area contributed by atoms with Crippen LogP contribution in [0, 0.1) is 5.92 Å². The van der Waals surface area contributed by atoms with Crippen molar-refractivity contribution in [3.05, 3.63) is 0 Å². The highest BCUT2D eigenvalue weighted by molar-refractivity contribution is 4.82. The van der Waals surface area contributed by atoms with Crippen molar-refractivity contribution >= 4 is 0 Å². The molecule has 0 heterocycles. The molecule has 0 aromatic rings. The molecule has 5 heteroatoms. The Labute approximate surface area is 102 Å². The molecule has 1 aliphatic carbocycles. The highest BCUT2D eigenvalue weighted by Crippen LogP contribution is 2.25. The van der Waals surface area contributed by atoms with Crippen LogP contribution in [0.2, 0.25) is 0 Å². The molecule has 3 nitrogen and oxygen atoms in total. The number of halogens is 2. The van der Waals surface area contributed by atoms with Crippen molar-refractivity contribution < 1.29 is 13.9 Å². The van der Waals surface area contributed by atoms with Gasteiger partial charge < -0.3 is 10.4 Å². The number of hydrogen-bond acceptors (Lipinski definition) is 3. The van der Waals surface area contributed by atoms with E-state index in [-0.39, 0.29) is 13.2 Å². The van der Waals surface area contributed by atoms with Gasteiger partial charge >= 0.3 is 0 Å². The summed E-state index contributed by atoms with van der Waals surface area (Å²) in [5.41, 5.74) is 0. The van der Waals surface area contributed by atoms with Gasteiger partial charge in [-0.05, 0) is 25.8 Å². The molecular weight excluding hydrogens is 226 g/mol. The summed E-state index contributed by atoms with van der Waals surface area (Å²) in [5, 5.41) is 12.2. The van der Waals surface area contributed by atoms with Gasteiger partial charge in [0.05, 0.1) is 13.2 Å². The Bertz CT molecular complexity index is 205. The van der Waals surface area contributed by atoms with E-state index in [1.54, 1.807) is 4.90 Å². The van der Waals surface area contributed by atoms with E-state index in [2.05, 4.69) is 5.32 Å². The second-order valence-electron chi connectivity index (χ2n) is 4.81. The molecule has 2 atom stereocenters. The lowest BCUT2D eigenvalue weighted by molar-refractivity contribution is 0.0613. The third-order valence-electron chi connectivity index (χ3n) is 3.59. The first kappa shape index (κ1) is 14.8. The van der Waals surface area contributed by atoms with E-state index in [0.717, 1.165) is 12.8 Å². The van der Waals surface area contributed by atoms with Gasteiger partial charge in [-0.25, -0.2) is 8.78 Å². The lowest BCUT2D eigenvalue weighted by Crippen LogP contribution is -2.44. The summed E-state index contributed by atoms with van der Waals surface area (Å²) in [6.45, 7) is 0.727. The second kappa shape index (κ2) is 7.95. The summed E-state index contributed by atoms with van der Waals surface area (Å²) in [7, 11) is 1.94. The Hall–Kier alpha value is -0.260. The monoisotopic (exact) mass is 250 g/mol. The van der Waals surface area contributed by atoms with Gasteiger partial charge in [-0.15, -0.1) is 0 Å². The number of nitrogens with one attached hydrogen (secondary N) is 1. The van der Waals surface area contributed by atoms with Crippen LogP contribution in [0.5, 0.6) is 0 Å². The first-order chi connectivity index (χ1) is 8.17. The van der Waals surface area contributed by atoms with E-state index in [4.69, 9.17) is 5.11 Å². The molecule has 2 unspecified atom stereocenters. The lowest BCUT2D eigenvalue weighted by atomic mass is 9.84. The molecular formula is C12H24F2N2O. The lowest BCUT2D eigenvalue weighted by Gasteiger charge is -2.35. The van der Waals surface area contributed by atoms with Gasteiger partial charge in [0, 0.05) is 19.1 Å². The average molecular weight is 250 g/mol. The van der Waals surface area contributed by atoms with Crippen LogP contribution in [0.4, 0.5) is 8.78 Å². The maximum atomic E-state index is 12.4. The van der Waals surface area contributed by atoms with Gasteiger partial charge in [0.25, 0.3) is 6.43 Å². The number of aliphatic hydroxyl groups is 1. The first-order valence-corrected chi connectivity index (χ1v) is 6.46. The summed E-state index contributed by atoms with van der Waals surface area (Å²) in [6, 6.07) is 0.433. The van der Waals surface area contributed by atoms with Crippen molar-refractivity contribution in [2.45, 2.75) is 38.2 Å². The fraction of sp³-hybridized carbons (Fsp3) is 1.00.